The predicted octanol–water partition coefficient (Wildman–Crippen LogP) is 3.33. The minimum absolute atomic E-state index is 0.0233. The van der Waals surface area contributed by atoms with Gasteiger partial charge in [-0.25, -0.2) is 0 Å². The van der Waals surface area contributed by atoms with Crippen LogP contribution >= 0.6 is 0 Å². The zero-order valence-electron chi connectivity index (χ0n) is 13.1. The third-order valence-electron chi connectivity index (χ3n) is 3.82. The van der Waals surface area contributed by atoms with Crippen LogP contribution in [0.15, 0.2) is 28.7 Å². The quantitative estimate of drug-likeness (QED) is 0.937. The Bertz CT molecular complexity index is 642. The third kappa shape index (κ3) is 2.85. The van der Waals surface area contributed by atoms with Crippen LogP contribution in [0.1, 0.15) is 39.9 Å². The average Bonchev–Trinajstić information content (AvgIpc) is 2.73. The van der Waals surface area contributed by atoms with Crippen LogP contribution in [0.3, 0.4) is 0 Å². The lowest BCUT2D eigenvalue weighted by atomic mass is 10.1. The Morgan fingerprint density at radius 3 is 2.19 bits per heavy atom. The van der Waals surface area contributed by atoms with Gasteiger partial charge in [-0.3, -0.25) is 4.79 Å². The molecule has 0 unspecified atom stereocenters. The summed E-state index contributed by atoms with van der Waals surface area (Å²) in [5.41, 5.74) is 9.11. The first-order chi connectivity index (χ1) is 9.99. The molecule has 0 saturated heterocycles. The lowest BCUT2D eigenvalue weighted by Crippen LogP contribution is -2.31. The minimum atomic E-state index is -0.0233. The predicted molar refractivity (Wildman–Crippen MR) is 84.6 cm³/mol. The zero-order chi connectivity index (χ0) is 15.6. The number of carbonyl (C=O) groups is 1. The molecule has 4 heteroatoms. The molecule has 1 amide bonds. The summed E-state index contributed by atoms with van der Waals surface area (Å²) in [6.45, 7) is 8.70. The fraction of sp³-hybridized carbons (Fsp3) is 0.353. The Morgan fingerprint density at radius 2 is 1.76 bits per heavy atom. The number of hydrogen-bond donors (Lipinski definition) is 1. The maximum Gasteiger partial charge on any atom is 0.262 e. The fourth-order valence-corrected chi connectivity index (χ4v) is 2.50. The van der Waals surface area contributed by atoms with Crippen molar-refractivity contribution in [2.45, 2.75) is 34.2 Å². The summed E-state index contributed by atoms with van der Waals surface area (Å²) in [5, 5.41) is 0. The van der Waals surface area contributed by atoms with E-state index < -0.39 is 0 Å². The molecular weight excluding hydrogens is 264 g/mol. The zero-order valence-corrected chi connectivity index (χ0v) is 13.1. The summed E-state index contributed by atoms with van der Waals surface area (Å²) >= 11 is 0. The van der Waals surface area contributed by atoms with E-state index in [2.05, 4.69) is 0 Å². The molecule has 4 nitrogen and oxygen atoms in total. The highest BCUT2D eigenvalue weighted by molar-refractivity contribution is 6.07. The Kier molecular flexibility index (Phi) is 4.48. The minimum Gasteiger partial charge on any atom is -0.466 e. The van der Waals surface area contributed by atoms with Gasteiger partial charge in [0.05, 0.1) is 5.56 Å². The number of hydrogen-bond acceptors (Lipinski definition) is 3. The molecular formula is C17H22N2O2. The van der Waals surface area contributed by atoms with E-state index in [1.807, 2.05) is 52.0 Å². The number of rotatable bonds is 4. The molecule has 0 saturated carbocycles. The van der Waals surface area contributed by atoms with Gasteiger partial charge in [0, 0.05) is 24.3 Å². The van der Waals surface area contributed by atoms with Gasteiger partial charge in [0.2, 0.25) is 0 Å². The number of nitrogens with two attached hydrogens (primary N) is 1. The van der Waals surface area contributed by atoms with Crippen LogP contribution in [0.25, 0.3) is 0 Å². The smallest absolute Gasteiger partial charge is 0.262 e. The van der Waals surface area contributed by atoms with Crippen molar-refractivity contribution in [2.24, 2.45) is 5.73 Å². The van der Waals surface area contributed by atoms with Crippen molar-refractivity contribution < 1.29 is 9.21 Å². The molecule has 0 fully saturated rings. The van der Waals surface area contributed by atoms with Crippen LogP contribution < -0.4 is 10.6 Å². The Morgan fingerprint density at radius 1 is 1.14 bits per heavy atom. The maximum absolute atomic E-state index is 12.8. The number of amides is 1. The highest BCUT2D eigenvalue weighted by atomic mass is 16.3. The summed E-state index contributed by atoms with van der Waals surface area (Å²) in [7, 11) is 0. The van der Waals surface area contributed by atoms with E-state index >= 15 is 0 Å². The van der Waals surface area contributed by atoms with E-state index in [9.17, 15) is 4.79 Å². The first-order valence-corrected chi connectivity index (χ1v) is 7.17. The van der Waals surface area contributed by atoms with Crippen molar-refractivity contribution >= 4 is 11.6 Å². The van der Waals surface area contributed by atoms with Gasteiger partial charge in [-0.1, -0.05) is 12.1 Å². The van der Waals surface area contributed by atoms with Gasteiger partial charge in [0.15, 0.2) is 0 Å². The average molecular weight is 286 g/mol. The Balaban J connectivity index is 2.38. The van der Waals surface area contributed by atoms with Crippen molar-refractivity contribution in [1.29, 1.82) is 0 Å². The van der Waals surface area contributed by atoms with E-state index in [1.54, 1.807) is 4.90 Å². The van der Waals surface area contributed by atoms with Crippen LogP contribution in [0.2, 0.25) is 0 Å². The first-order valence-electron chi connectivity index (χ1n) is 7.17. The van der Waals surface area contributed by atoms with Gasteiger partial charge in [-0.15, -0.1) is 0 Å². The molecule has 21 heavy (non-hydrogen) atoms. The number of benzene rings is 1. The monoisotopic (exact) mass is 286 g/mol. The summed E-state index contributed by atoms with van der Waals surface area (Å²) in [6, 6.07) is 7.76. The van der Waals surface area contributed by atoms with Crippen molar-refractivity contribution in [3.63, 3.8) is 0 Å². The van der Waals surface area contributed by atoms with Crippen molar-refractivity contribution in [3.8, 4) is 0 Å². The summed E-state index contributed by atoms with van der Waals surface area (Å²) < 4.78 is 5.57. The molecule has 1 aromatic heterocycles. The highest BCUT2D eigenvalue weighted by Gasteiger charge is 2.23. The van der Waals surface area contributed by atoms with Crippen LogP contribution in [-0.2, 0) is 6.54 Å². The van der Waals surface area contributed by atoms with Gasteiger partial charge in [0.1, 0.15) is 11.5 Å². The molecule has 0 radical (unpaired) electrons. The molecule has 0 bridgehead atoms. The first kappa shape index (κ1) is 15.3. The second-order valence-corrected chi connectivity index (χ2v) is 5.13. The van der Waals surface area contributed by atoms with E-state index in [0.717, 1.165) is 22.6 Å². The van der Waals surface area contributed by atoms with Crippen molar-refractivity contribution in [3.05, 3.63) is 52.5 Å². The molecule has 2 N–H and O–H groups in total. The highest BCUT2D eigenvalue weighted by Crippen LogP contribution is 2.25. The third-order valence-corrected chi connectivity index (χ3v) is 3.82. The van der Waals surface area contributed by atoms with Crippen LogP contribution in [0, 0.1) is 20.8 Å². The largest absolute Gasteiger partial charge is 0.466 e. The normalized spacial score (nSPS) is 10.7. The molecule has 1 aromatic carbocycles. The van der Waals surface area contributed by atoms with Gasteiger partial charge < -0.3 is 15.1 Å². The van der Waals surface area contributed by atoms with Crippen molar-refractivity contribution in [2.75, 3.05) is 11.4 Å². The second-order valence-electron chi connectivity index (χ2n) is 5.13. The fourth-order valence-electron chi connectivity index (χ4n) is 2.50. The molecule has 1 heterocycles. The Labute approximate surface area is 125 Å². The lowest BCUT2D eigenvalue weighted by Gasteiger charge is -2.21. The van der Waals surface area contributed by atoms with Gasteiger partial charge in [-0.05, 0) is 45.4 Å². The lowest BCUT2D eigenvalue weighted by molar-refractivity contribution is 0.0986. The number of furan rings is 1. The molecule has 2 rings (SSSR count). The van der Waals surface area contributed by atoms with Crippen molar-refractivity contribution in [1.82, 2.24) is 0 Å². The number of anilines is 1. The molecule has 0 aliphatic rings. The number of carbonyl (C=O) groups excluding carboxylic acids is 1. The summed E-state index contributed by atoms with van der Waals surface area (Å²) in [6.07, 6.45) is 0. The topological polar surface area (TPSA) is 59.5 Å². The molecule has 0 aliphatic carbocycles. The number of nitrogens with zero attached hydrogens (tertiary/aromatic N) is 1. The van der Waals surface area contributed by atoms with Crippen LogP contribution in [0.4, 0.5) is 5.69 Å². The van der Waals surface area contributed by atoms with Crippen LogP contribution in [-0.4, -0.2) is 12.5 Å². The molecule has 0 spiro atoms. The van der Waals surface area contributed by atoms with Gasteiger partial charge in [0.25, 0.3) is 5.91 Å². The number of aryl methyl sites for hydroxylation is 2. The van der Waals surface area contributed by atoms with Gasteiger partial charge in [-0.2, -0.15) is 0 Å². The molecule has 112 valence electrons. The molecule has 0 atom stereocenters. The van der Waals surface area contributed by atoms with Gasteiger partial charge >= 0.3 is 0 Å². The molecule has 0 aliphatic heterocycles. The standard InChI is InChI=1S/C17H22N2O2/c1-5-19(15-8-6-14(10-18)7-9-15)17(20)16-11(2)12(3)21-13(16)4/h6-9H,5,10,18H2,1-4H3. The van der Waals surface area contributed by atoms with E-state index in [4.69, 9.17) is 10.2 Å². The SMILES string of the molecule is CCN(C(=O)c1c(C)oc(C)c1C)c1ccc(CN)cc1. The second kappa shape index (κ2) is 6.14. The van der Waals surface area contributed by atoms with E-state index in [0.29, 0.717) is 24.4 Å². The Hall–Kier alpha value is -2.07. The van der Waals surface area contributed by atoms with E-state index in [-0.39, 0.29) is 5.91 Å². The maximum atomic E-state index is 12.8. The summed E-state index contributed by atoms with van der Waals surface area (Å²) in [4.78, 5) is 14.6. The van der Waals surface area contributed by atoms with Crippen LogP contribution in [0.5, 0.6) is 0 Å². The summed E-state index contributed by atoms with van der Waals surface area (Å²) in [5.74, 6) is 1.45. The van der Waals surface area contributed by atoms with E-state index in [1.165, 1.54) is 0 Å². The molecule has 2 aromatic rings.